The molecule has 2 aromatic rings. The minimum absolute atomic E-state index is 0.305. The van der Waals surface area contributed by atoms with Crippen LogP contribution in [-0.2, 0) is 0 Å². The third-order valence-electron chi connectivity index (χ3n) is 3.54. The van der Waals surface area contributed by atoms with Crippen molar-refractivity contribution in [2.45, 2.75) is 18.6 Å². The van der Waals surface area contributed by atoms with Crippen LogP contribution in [0.3, 0.4) is 0 Å². The fourth-order valence-electron chi connectivity index (χ4n) is 2.52. The smallest absolute Gasteiger partial charge is 0.129 e. The van der Waals surface area contributed by atoms with Crippen LogP contribution in [0.5, 0.6) is 11.5 Å². The predicted octanol–water partition coefficient (Wildman–Crippen LogP) is 4.04. The maximum atomic E-state index is 13.5. The lowest BCUT2D eigenvalue weighted by molar-refractivity contribution is 0.0653. The molecule has 1 N–H and O–H groups in total. The largest absolute Gasteiger partial charge is 0.497 e. The van der Waals surface area contributed by atoms with E-state index in [9.17, 15) is 9.50 Å². The van der Waals surface area contributed by atoms with Gasteiger partial charge in [0.25, 0.3) is 0 Å². The first-order valence-corrected chi connectivity index (χ1v) is 6.93. The second-order valence-electron chi connectivity index (χ2n) is 4.96. The van der Waals surface area contributed by atoms with E-state index in [1.165, 1.54) is 12.1 Å². The lowest BCUT2D eigenvalue weighted by Gasteiger charge is -2.30. The highest BCUT2D eigenvalue weighted by molar-refractivity contribution is 6.30. The van der Waals surface area contributed by atoms with Crippen molar-refractivity contribution in [1.82, 2.24) is 0 Å². The molecule has 1 aliphatic rings. The third-order valence-corrected chi connectivity index (χ3v) is 3.76. The number of halogens is 2. The molecule has 2 atom stereocenters. The second-order valence-corrected chi connectivity index (χ2v) is 5.40. The Bertz CT molecular complexity index is 654. The molecular weight excluding hydrogens is 295 g/mol. The van der Waals surface area contributed by atoms with Crippen LogP contribution >= 0.6 is 11.6 Å². The van der Waals surface area contributed by atoms with Crippen molar-refractivity contribution >= 4 is 11.6 Å². The van der Waals surface area contributed by atoms with Crippen LogP contribution in [-0.4, -0.2) is 12.2 Å². The van der Waals surface area contributed by atoms with Crippen LogP contribution < -0.4 is 9.47 Å². The fraction of sp³-hybridized carbons (Fsp3) is 0.250. The van der Waals surface area contributed by atoms with Gasteiger partial charge < -0.3 is 14.6 Å². The van der Waals surface area contributed by atoms with E-state index in [1.807, 2.05) is 0 Å². The summed E-state index contributed by atoms with van der Waals surface area (Å²) in [5, 5.41) is 10.6. The molecule has 110 valence electrons. The molecule has 0 radical (unpaired) electrons. The van der Waals surface area contributed by atoms with Gasteiger partial charge in [-0.05, 0) is 35.9 Å². The minimum atomic E-state index is -0.674. The Kier molecular flexibility index (Phi) is 3.74. The molecule has 3 rings (SSSR count). The van der Waals surface area contributed by atoms with Crippen molar-refractivity contribution in [1.29, 1.82) is 0 Å². The Morgan fingerprint density at radius 1 is 1.29 bits per heavy atom. The molecule has 0 aliphatic carbocycles. The Labute approximate surface area is 126 Å². The lowest BCUT2D eigenvalue weighted by Crippen LogP contribution is -2.19. The number of hydrogen-bond donors (Lipinski definition) is 1. The zero-order valence-corrected chi connectivity index (χ0v) is 12.1. The van der Waals surface area contributed by atoms with E-state index in [2.05, 4.69) is 0 Å². The highest BCUT2D eigenvalue weighted by Gasteiger charge is 2.28. The molecule has 0 spiro atoms. The first kappa shape index (κ1) is 14.2. The molecule has 0 saturated heterocycles. The maximum absolute atomic E-state index is 13.5. The summed E-state index contributed by atoms with van der Waals surface area (Å²) in [6, 6.07) is 9.51. The molecule has 1 aliphatic heterocycles. The Balaban J connectivity index is 1.96. The van der Waals surface area contributed by atoms with Gasteiger partial charge in [0.15, 0.2) is 0 Å². The average molecular weight is 309 g/mol. The lowest BCUT2D eigenvalue weighted by atomic mass is 9.95. The van der Waals surface area contributed by atoms with Gasteiger partial charge in [0.05, 0.1) is 13.2 Å². The van der Waals surface area contributed by atoms with Gasteiger partial charge in [0.1, 0.15) is 23.4 Å². The first-order valence-electron chi connectivity index (χ1n) is 6.55. The number of benzene rings is 2. The van der Waals surface area contributed by atoms with E-state index in [-0.39, 0.29) is 0 Å². The monoisotopic (exact) mass is 308 g/mol. The molecule has 0 aromatic heterocycles. The first-order chi connectivity index (χ1) is 10.1. The van der Waals surface area contributed by atoms with E-state index < -0.39 is 18.0 Å². The van der Waals surface area contributed by atoms with E-state index in [0.717, 1.165) is 0 Å². The van der Waals surface area contributed by atoms with Gasteiger partial charge in [-0.2, -0.15) is 0 Å². The van der Waals surface area contributed by atoms with E-state index >= 15 is 0 Å². The Morgan fingerprint density at radius 2 is 2.10 bits per heavy atom. The molecule has 21 heavy (non-hydrogen) atoms. The highest BCUT2D eigenvalue weighted by Crippen LogP contribution is 2.42. The van der Waals surface area contributed by atoms with Crippen molar-refractivity contribution in [3.05, 3.63) is 58.4 Å². The van der Waals surface area contributed by atoms with Crippen LogP contribution in [0.25, 0.3) is 0 Å². The van der Waals surface area contributed by atoms with Crippen LogP contribution in [0.2, 0.25) is 5.02 Å². The van der Waals surface area contributed by atoms with Crippen molar-refractivity contribution in [3.63, 3.8) is 0 Å². The Hall–Kier alpha value is -1.78. The van der Waals surface area contributed by atoms with Crippen LogP contribution in [0.4, 0.5) is 4.39 Å². The highest BCUT2D eigenvalue weighted by atomic mass is 35.5. The molecule has 3 nitrogen and oxygen atoms in total. The van der Waals surface area contributed by atoms with Gasteiger partial charge in [-0.1, -0.05) is 11.6 Å². The van der Waals surface area contributed by atoms with Gasteiger partial charge in [-0.15, -0.1) is 0 Å². The molecule has 0 saturated carbocycles. The third kappa shape index (κ3) is 2.82. The molecule has 0 bridgehead atoms. The van der Waals surface area contributed by atoms with Crippen molar-refractivity contribution in [3.8, 4) is 11.5 Å². The molecular formula is C16H14ClFO3. The summed E-state index contributed by atoms with van der Waals surface area (Å²) in [7, 11) is 1.56. The number of methoxy groups -OCH3 is 1. The van der Waals surface area contributed by atoms with Crippen molar-refractivity contribution < 1.29 is 19.0 Å². The SMILES string of the molecule is COc1ccc2c(c1)OC(c1cc(F)cc(Cl)c1)CC2O. The predicted molar refractivity (Wildman–Crippen MR) is 77.3 cm³/mol. The van der Waals surface area contributed by atoms with Crippen molar-refractivity contribution in [2.24, 2.45) is 0 Å². The quantitative estimate of drug-likeness (QED) is 0.910. The zero-order chi connectivity index (χ0) is 15.0. The summed E-state index contributed by atoms with van der Waals surface area (Å²) >= 11 is 5.88. The second kappa shape index (κ2) is 5.54. The summed E-state index contributed by atoms with van der Waals surface area (Å²) < 4.78 is 24.5. The number of ether oxygens (including phenoxy) is 2. The van der Waals surface area contributed by atoms with E-state index in [1.54, 1.807) is 31.4 Å². The summed E-state index contributed by atoms with van der Waals surface area (Å²) in [4.78, 5) is 0. The maximum Gasteiger partial charge on any atom is 0.129 e. The van der Waals surface area contributed by atoms with Crippen LogP contribution in [0, 0.1) is 5.82 Å². The molecule has 5 heteroatoms. The molecule has 2 unspecified atom stereocenters. The summed E-state index contributed by atoms with van der Waals surface area (Å²) in [6.07, 6.45) is -0.779. The standard InChI is InChI=1S/C16H14ClFO3/c1-20-12-2-3-13-14(19)8-15(21-16(13)7-12)9-4-10(17)6-11(18)5-9/h2-7,14-15,19H,8H2,1H3. The van der Waals surface area contributed by atoms with Crippen LogP contribution in [0.15, 0.2) is 36.4 Å². The summed E-state index contributed by atoms with van der Waals surface area (Å²) in [5.74, 6) is 0.754. The average Bonchev–Trinajstić information content (AvgIpc) is 2.45. The number of rotatable bonds is 2. The van der Waals surface area contributed by atoms with Crippen LogP contribution in [0.1, 0.15) is 29.8 Å². The van der Waals surface area contributed by atoms with E-state index in [0.29, 0.717) is 34.1 Å². The molecule has 1 heterocycles. The molecule has 0 amide bonds. The number of hydrogen-bond acceptors (Lipinski definition) is 3. The van der Waals surface area contributed by atoms with Gasteiger partial charge in [-0.25, -0.2) is 4.39 Å². The van der Waals surface area contributed by atoms with Gasteiger partial charge in [-0.3, -0.25) is 0 Å². The topological polar surface area (TPSA) is 38.7 Å². The Morgan fingerprint density at radius 3 is 2.81 bits per heavy atom. The van der Waals surface area contributed by atoms with Gasteiger partial charge >= 0.3 is 0 Å². The van der Waals surface area contributed by atoms with Gasteiger partial charge in [0.2, 0.25) is 0 Å². The van der Waals surface area contributed by atoms with E-state index in [4.69, 9.17) is 21.1 Å². The van der Waals surface area contributed by atoms with Crippen molar-refractivity contribution in [2.75, 3.05) is 7.11 Å². The van der Waals surface area contributed by atoms with Gasteiger partial charge in [0, 0.05) is 23.1 Å². The number of aliphatic hydroxyl groups excluding tert-OH is 1. The summed E-state index contributed by atoms with van der Waals surface area (Å²) in [5.41, 5.74) is 1.31. The number of aliphatic hydroxyl groups is 1. The normalized spacial score (nSPS) is 20.6. The minimum Gasteiger partial charge on any atom is -0.497 e. The summed E-state index contributed by atoms with van der Waals surface area (Å²) in [6.45, 7) is 0. The molecule has 0 fully saturated rings. The molecule has 2 aromatic carbocycles. The fourth-order valence-corrected chi connectivity index (χ4v) is 2.75. The number of fused-ring (bicyclic) bond motifs is 1. The zero-order valence-electron chi connectivity index (χ0n) is 11.3.